The lowest BCUT2D eigenvalue weighted by Gasteiger charge is -2.20. The lowest BCUT2D eigenvalue weighted by atomic mass is 10.0. The molecule has 6 nitrogen and oxygen atoms in total. The van der Waals surface area contributed by atoms with Crippen LogP contribution in [0.3, 0.4) is 0 Å². The molecule has 1 unspecified atom stereocenters. The molecular formula is C29H26F6N2O4S. The molecule has 0 saturated carbocycles. The number of hydrogen-bond acceptors (Lipinski definition) is 6. The summed E-state index contributed by atoms with van der Waals surface area (Å²) in [6.07, 6.45) is -9.46. The first-order valence-electron chi connectivity index (χ1n) is 12.5. The van der Waals surface area contributed by atoms with Gasteiger partial charge in [0.25, 0.3) is 0 Å². The Kier molecular flexibility index (Phi) is 8.72. The summed E-state index contributed by atoms with van der Waals surface area (Å²) in [5.74, 6) is -0.575. The van der Waals surface area contributed by atoms with E-state index in [1.807, 2.05) is 0 Å². The predicted octanol–water partition coefficient (Wildman–Crippen LogP) is 8.39. The molecule has 0 radical (unpaired) electrons. The second-order valence-electron chi connectivity index (χ2n) is 10.3. The van der Waals surface area contributed by atoms with Gasteiger partial charge in [-0.1, -0.05) is 12.1 Å². The van der Waals surface area contributed by atoms with Crippen molar-refractivity contribution in [3.63, 3.8) is 0 Å². The quantitative estimate of drug-likeness (QED) is 0.122. The summed E-state index contributed by atoms with van der Waals surface area (Å²) in [4.78, 5) is 12.7. The molecule has 42 heavy (non-hydrogen) atoms. The fraction of sp³-hybridized carbons (Fsp3) is 0.310. The normalized spacial score (nSPS) is 13.2. The number of aryl methyl sites for hydroxylation is 1. The zero-order valence-electron chi connectivity index (χ0n) is 22.8. The Morgan fingerprint density at radius 1 is 0.952 bits per heavy atom. The van der Waals surface area contributed by atoms with Gasteiger partial charge in [0.2, 0.25) is 0 Å². The van der Waals surface area contributed by atoms with Crippen LogP contribution in [0.15, 0.2) is 65.6 Å². The summed E-state index contributed by atoms with van der Waals surface area (Å²) in [7, 11) is 0. The van der Waals surface area contributed by atoms with Crippen LogP contribution in [0, 0.1) is 6.92 Å². The van der Waals surface area contributed by atoms with Crippen LogP contribution >= 0.6 is 11.8 Å². The third kappa shape index (κ3) is 8.11. The Bertz CT molecular complexity index is 1560. The highest BCUT2D eigenvalue weighted by Gasteiger charge is 2.33. The number of nitrogens with one attached hydrogen (secondary N) is 1. The smallest absolute Gasteiger partial charge is 0.482 e. The molecule has 4 aromatic rings. The number of benzene rings is 3. The molecule has 1 N–H and O–H groups in total. The van der Waals surface area contributed by atoms with E-state index in [4.69, 9.17) is 9.47 Å². The number of ether oxygens (including phenoxy) is 3. The van der Waals surface area contributed by atoms with Crippen LogP contribution < -0.4 is 9.47 Å². The van der Waals surface area contributed by atoms with Crippen LogP contribution in [0.2, 0.25) is 0 Å². The Morgan fingerprint density at radius 3 is 2.24 bits per heavy atom. The van der Waals surface area contributed by atoms with Crippen molar-refractivity contribution in [3.05, 3.63) is 83.0 Å². The molecule has 13 heteroatoms. The number of rotatable bonds is 8. The number of aromatic amines is 1. The average Bonchev–Trinajstić information content (AvgIpc) is 3.27. The summed E-state index contributed by atoms with van der Waals surface area (Å²) in [6.45, 7) is 6.67. The van der Waals surface area contributed by atoms with Gasteiger partial charge >= 0.3 is 18.5 Å². The number of thioether (sulfide) groups is 1. The Labute approximate surface area is 241 Å². The number of H-pyrrole nitrogens is 1. The summed E-state index contributed by atoms with van der Waals surface area (Å²) in [6, 6.07) is 13.3. The van der Waals surface area contributed by atoms with E-state index in [1.165, 1.54) is 36.0 Å². The topological polar surface area (TPSA) is 73.4 Å². The summed E-state index contributed by atoms with van der Waals surface area (Å²) in [5.41, 5.74) is 0.308. The lowest BCUT2D eigenvalue weighted by Crippen LogP contribution is -2.27. The van der Waals surface area contributed by atoms with Crippen LogP contribution in [0.4, 0.5) is 26.3 Å². The third-order valence-corrected chi connectivity index (χ3v) is 7.01. The van der Waals surface area contributed by atoms with Crippen molar-refractivity contribution in [3.8, 4) is 11.5 Å². The fourth-order valence-electron chi connectivity index (χ4n) is 4.04. The molecular weight excluding hydrogens is 586 g/mol. The van der Waals surface area contributed by atoms with Gasteiger partial charge in [-0.05, 0) is 87.4 Å². The van der Waals surface area contributed by atoms with Crippen LogP contribution in [0.25, 0.3) is 10.9 Å². The van der Waals surface area contributed by atoms with Crippen molar-refractivity contribution in [2.24, 2.45) is 0 Å². The second kappa shape index (κ2) is 11.8. The van der Waals surface area contributed by atoms with Crippen molar-refractivity contribution in [1.29, 1.82) is 0 Å². The van der Waals surface area contributed by atoms with E-state index >= 15 is 0 Å². The first-order valence-corrected chi connectivity index (χ1v) is 13.4. The molecule has 0 saturated heterocycles. The minimum absolute atomic E-state index is 0.297. The Hall–Kier alpha value is -3.87. The molecule has 1 atom stereocenters. The zero-order valence-corrected chi connectivity index (χ0v) is 23.6. The number of esters is 1. The van der Waals surface area contributed by atoms with E-state index in [0.29, 0.717) is 38.4 Å². The highest BCUT2D eigenvalue weighted by atomic mass is 32.2. The molecule has 1 heterocycles. The number of halogens is 6. The molecule has 0 bridgehead atoms. The maximum atomic E-state index is 13.2. The average molecular weight is 613 g/mol. The number of fused-ring (bicyclic) bond motifs is 1. The van der Waals surface area contributed by atoms with E-state index in [2.05, 4.69) is 14.9 Å². The van der Waals surface area contributed by atoms with Crippen molar-refractivity contribution < 1.29 is 45.3 Å². The van der Waals surface area contributed by atoms with E-state index in [0.717, 1.165) is 18.2 Å². The first-order chi connectivity index (χ1) is 19.5. The molecule has 0 aliphatic heterocycles. The number of hydrogen-bond donors (Lipinski definition) is 1. The van der Waals surface area contributed by atoms with Gasteiger partial charge in [0, 0.05) is 10.3 Å². The van der Waals surface area contributed by atoms with Gasteiger partial charge < -0.3 is 14.2 Å². The van der Waals surface area contributed by atoms with Crippen molar-refractivity contribution >= 4 is 28.6 Å². The fourth-order valence-corrected chi connectivity index (χ4v) is 5.29. The van der Waals surface area contributed by atoms with E-state index in [9.17, 15) is 31.1 Å². The minimum Gasteiger partial charge on any atom is -0.482 e. The first kappa shape index (κ1) is 31.1. The number of aromatic nitrogens is 2. The summed E-state index contributed by atoms with van der Waals surface area (Å²) < 4.78 is 93.3. The van der Waals surface area contributed by atoms with Gasteiger partial charge in [-0.15, -0.1) is 24.9 Å². The summed E-state index contributed by atoms with van der Waals surface area (Å²) >= 11 is 1.23. The molecule has 224 valence electrons. The van der Waals surface area contributed by atoms with Gasteiger partial charge in [-0.2, -0.15) is 18.3 Å². The molecule has 0 aliphatic carbocycles. The maximum absolute atomic E-state index is 13.2. The lowest BCUT2D eigenvalue weighted by molar-refractivity contribution is -0.274. The van der Waals surface area contributed by atoms with E-state index in [-0.39, 0.29) is 6.61 Å². The second-order valence-corrected chi connectivity index (χ2v) is 11.5. The molecule has 0 spiro atoms. The molecule has 1 aromatic heterocycles. The molecule has 0 aliphatic rings. The van der Waals surface area contributed by atoms with Gasteiger partial charge in [-0.25, -0.2) is 4.79 Å². The Balaban J connectivity index is 1.67. The number of carbonyl (C=O) groups excluding carboxylic acids is 1. The SMILES string of the molecule is Cc1cc(SC(c2ccc(C(F)(F)F)cc2)c2n[nH]c3ccc(OC(F)(F)F)cc23)ccc1OCC(=O)OC(C)(C)C. The predicted molar refractivity (Wildman–Crippen MR) is 144 cm³/mol. The Morgan fingerprint density at radius 2 is 1.64 bits per heavy atom. The molecule has 4 rings (SSSR count). The molecule has 3 aromatic carbocycles. The van der Waals surface area contributed by atoms with Crippen LogP contribution in [0.5, 0.6) is 11.5 Å². The molecule has 0 amide bonds. The van der Waals surface area contributed by atoms with E-state index < -0.39 is 40.7 Å². The summed E-state index contributed by atoms with van der Waals surface area (Å²) in [5, 5.41) is 6.67. The van der Waals surface area contributed by atoms with E-state index in [1.54, 1.807) is 45.9 Å². The van der Waals surface area contributed by atoms with Crippen LogP contribution in [-0.2, 0) is 15.7 Å². The molecule has 0 fully saturated rings. The third-order valence-electron chi connectivity index (χ3n) is 5.75. The van der Waals surface area contributed by atoms with Gasteiger partial charge in [-0.3, -0.25) is 5.10 Å². The number of nitrogens with zero attached hydrogens (tertiary/aromatic N) is 1. The van der Waals surface area contributed by atoms with Gasteiger partial charge in [0.1, 0.15) is 17.1 Å². The zero-order chi connectivity index (χ0) is 30.9. The van der Waals surface area contributed by atoms with Crippen LogP contribution in [0.1, 0.15) is 48.4 Å². The van der Waals surface area contributed by atoms with Gasteiger partial charge in [0.15, 0.2) is 6.61 Å². The maximum Gasteiger partial charge on any atom is 0.573 e. The highest BCUT2D eigenvalue weighted by molar-refractivity contribution is 7.99. The van der Waals surface area contributed by atoms with Crippen molar-refractivity contribution in [2.75, 3.05) is 6.61 Å². The standard InChI is InChI=1S/C29H26F6N2O4S/c1-16-13-20(10-12-23(16)39-15-24(38)41-27(2,3)4)42-26(17-5-7-18(8-6-17)28(30,31)32)25-21-14-19(40-29(33,34)35)9-11-22(21)36-37-25/h5-14,26H,15H2,1-4H3,(H,36,37). The van der Waals surface area contributed by atoms with Crippen molar-refractivity contribution in [2.45, 2.75) is 56.0 Å². The minimum atomic E-state index is -4.91. The van der Waals surface area contributed by atoms with Crippen LogP contribution in [-0.4, -0.2) is 34.7 Å². The van der Waals surface area contributed by atoms with Gasteiger partial charge in [0.05, 0.1) is 22.0 Å². The number of carbonyl (C=O) groups is 1. The van der Waals surface area contributed by atoms with Crippen molar-refractivity contribution in [1.82, 2.24) is 10.2 Å². The highest BCUT2D eigenvalue weighted by Crippen LogP contribution is 2.44. The number of alkyl halides is 6. The monoisotopic (exact) mass is 612 g/mol. The largest absolute Gasteiger partial charge is 0.573 e.